The molecule has 0 atom stereocenters. The number of ether oxygens (including phenoxy) is 1. The second-order valence-corrected chi connectivity index (χ2v) is 7.80. The number of benzene rings is 1. The van der Waals surface area contributed by atoms with E-state index in [1.54, 1.807) is 12.1 Å². The lowest BCUT2D eigenvalue weighted by molar-refractivity contribution is -0.136. The number of piperidine rings is 1. The van der Waals surface area contributed by atoms with Crippen LogP contribution in [0.1, 0.15) is 19.3 Å². The summed E-state index contributed by atoms with van der Waals surface area (Å²) in [5, 5.41) is 0.616. The van der Waals surface area contributed by atoms with E-state index >= 15 is 0 Å². The average Bonchev–Trinajstić information content (AvgIpc) is 2.72. The molecular formula is C19H28ClN3O2. The van der Waals surface area contributed by atoms with E-state index in [4.69, 9.17) is 16.3 Å². The van der Waals surface area contributed by atoms with E-state index in [9.17, 15) is 4.79 Å². The summed E-state index contributed by atoms with van der Waals surface area (Å²) in [6.07, 6.45) is 3.26. The molecule has 0 bridgehead atoms. The Morgan fingerprint density at radius 3 is 2.68 bits per heavy atom. The zero-order valence-corrected chi connectivity index (χ0v) is 16.0. The average molecular weight is 366 g/mol. The number of carbonyl (C=O) groups is 1. The van der Waals surface area contributed by atoms with Crippen molar-refractivity contribution in [2.24, 2.45) is 0 Å². The third-order valence-electron chi connectivity index (χ3n) is 5.61. The van der Waals surface area contributed by atoms with Gasteiger partial charge < -0.3 is 14.5 Å². The molecule has 2 aliphatic rings. The smallest absolute Gasteiger partial charge is 0.260 e. The van der Waals surface area contributed by atoms with Crippen LogP contribution in [0.5, 0.6) is 5.75 Å². The molecule has 0 N–H and O–H groups in total. The number of carbonyl (C=O) groups excluding carboxylic acids is 1. The fourth-order valence-corrected chi connectivity index (χ4v) is 4.20. The molecule has 6 heteroatoms. The Hall–Kier alpha value is -1.30. The fourth-order valence-electron chi connectivity index (χ4n) is 4.02. The van der Waals surface area contributed by atoms with Crippen LogP contribution in [0.15, 0.2) is 24.3 Å². The van der Waals surface area contributed by atoms with E-state index in [0.717, 1.165) is 45.6 Å². The molecule has 0 saturated carbocycles. The number of halogens is 1. The number of hydrogen-bond acceptors (Lipinski definition) is 4. The van der Waals surface area contributed by atoms with Gasteiger partial charge in [0.25, 0.3) is 5.91 Å². The Bertz CT molecular complexity index is 602. The van der Waals surface area contributed by atoms with Gasteiger partial charge in [-0.2, -0.15) is 0 Å². The number of amides is 1. The van der Waals surface area contributed by atoms with Gasteiger partial charge in [-0.05, 0) is 64.6 Å². The first-order valence-corrected chi connectivity index (χ1v) is 9.42. The summed E-state index contributed by atoms with van der Waals surface area (Å²) in [7, 11) is 4.44. The quantitative estimate of drug-likeness (QED) is 0.823. The van der Waals surface area contributed by atoms with Crippen LogP contribution in [0.4, 0.5) is 0 Å². The molecule has 3 rings (SSSR count). The Labute approximate surface area is 155 Å². The minimum atomic E-state index is 0.0551. The Balaban J connectivity index is 1.53. The molecule has 0 aromatic heterocycles. The molecule has 0 radical (unpaired) electrons. The van der Waals surface area contributed by atoms with Crippen LogP contribution >= 0.6 is 11.6 Å². The maximum absolute atomic E-state index is 12.5. The highest BCUT2D eigenvalue weighted by Crippen LogP contribution is 2.31. The van der Waals surface area contributed by atoms with Gasteiger partial charge in [-0.3, -0.25) is 9.69 Å². The summed E-state index contributed by atoms with van der Waals surface area (Å²) in [4.78, 5) is 19.4. The van der Waals surface area contributed by atoms with E-state index in [0.29, 0.717) is 10.8 Å². The molecular weight excluding hydrogens is 338 g/mol. The summed E-state index contributed by atoms with van der Waals surface area (Å²) >= 11 is 5.95. The zero-order valence-electron chi connectivity index (χ0n) is 15.2. The molecule has 2 aliphatic heterocycles. The minimum absolute atomic E-state index is 0.0551. The summed E-state index contributed by atoms with van der Waals surface area (Å²) in [6.45, 7) is 5.05. The molecule has 5 nitrogen and oxygen atoms in total. The van der Waals surface area contributed by atoms with Gasteiger partial charge in [-0.15, -0.1) is 0 Å². The van der Waals surface area contributed by atoms with Gasteiger partial charge >= 0.3 is 0 Å². The topological polar surface area (TPSA) is 36.0 Å². The number of nitrogens with zero attached hydrogens (tertiary/aromatic N) is 3. The predicted octanol–water partition coefficient (Wildman–Crippen LogP) is 2.35. The normalized spacial score (nSPS) is 22.0. The van der Waals surface area contributed by atoms with Crippen molar-refractivity contribution in [3.63, 3.8) is 0 Å². The highest BCUT2D eigenvalue weighted by molar-refractivity contribution is 6.30. The highest BCUT2D eigenvalue weighted by atomic mass is 35.5. The lowest BCUT2D eigenvalue weighted by Crippen LogP contribution is -2.58. The van der Waals surface area contributed by atoms with Crippen LogP contribution in [0, 0.1) is 0 Å². The molecule has 1 aromatic rings. The van der Waals surface area contributed by atoms with Crippen LogP contribution in [0.25, 0.3) is 0 Å². The third kappa shape index (κ3) is 4.46. The van der Waals surface area contributed by atoms with Gasteiger partial charge in [0.2, 0.25) is 0 Å². The van der Waals surface area contributed by atoms with Crippen molar-refractivity contribution in [3.05, 3.63) is 29.3 Å². The molecule has 2 fully saturated rings. The van der Waals surface area contributed by atoms with E-state index < -0.39 is 0 Å². The summed E-state index contributed by atoms with van der Waals surface area (Å²) in [6, 6.07) is 7.17. The van der Waals surface area contributed by atoms with E-state index in [1.807, 2.05) is 17.0 Å². The molecule has 1 spiro atoms. The first-order chi connectivity index (χ1) is 12.0. The van der Waals surface area contributed by atoms with Crippen molar-refractivity contribution in [1.29, 1.82) is 0 Å². The lowest BCUT2D eigenvalue weighted by Gasteiger charge is -2.47. The minimum Gasteiger partial charge on any atom is -0.484 e. The van der Waals surface area contributed by atoms with Crippen molar-refractivity contribution in [2.75, 3.05) is 53.4 Å². The van der Waals surface area contributed by atoms with Crippen molar-refractivity contribution in [2.45, 2.75) is 24.8 Å². The summed E-state index contributed by atoms with van der Waals surface area (Å²) < 4.78 is 5.60. The first-order valence-electron chi connectivity index (χ1n) is 9.04. The summed E-state index contributed by atoms with van der Waals surface area (Å²) in [5.41, 5.74) is 0.204. The Kier molecular flexibility index (Phi) is 5.87. The molecule has 1 amide bonds. The van der Waals surface area contributed by atoms with Crippen LogP contribution < -0.4 is 4.74 Å². The van der Waals surface area contributed by atoms with Gasteiger partial charge in [0, 0.05) is 30.2 Å². The maximum atomic E-state index is 12.5. The van der Waals surface area contributed by atoms with Crippen LogP contribution in [-0.4, -0.2) is 79.6 Å². The molecule has 1 aromatic carbocycles. The van der Waals surface area contributed by atoms with Gasteiger partial charge in [0.05, 0.1) is 0 Å². The lowest BCUT2D eigenvalue weighted by atomic mass is 9.85. The Morgan fingerprint density at radius 1 is 1.20 bits per heavy atom. The first kappa shape index (κ1) is 18.5. The molecule has 0 unspecified atom stereocenters. The standard InChI is InChI=1S/C19H28ClN3O2/c1-21-9-4-10-22(2)19(15-21)7-11-23(12-8-19)18(24)14-25-17-6-3-5-16(20)13-17/h3,5-6,13H,4,7-12,14-15H2,1-2H3. The third-order valence-corrected chi connectivity index (χ3v) is 5.85. The zero-order chi connectivity index (χ0) is 17.9. The summed E-state index contributed by atoms with van der Waals surface area (Å²) in [5.74, 6) is 0.693. The van der Waals surface area contributed by atoms with Crippen LogP contribution in [0.2, 0.25) is 5.02 Å². The molecule has 2 saturated heterocycles. The van der Waals surface area contributed by atoms with E-state index in [2.05, 4.69) is 23.9 Å². The number of hydrogen-bond donors (Lipinski definition) is 0. The van der Waals surface area contributed by atoms with E-state index in [1.165, 1.54) is 6.42 Å². The molecule has 2 heterocycles. The van der Waals surface area contributed by atoms with Crippen molar-refractivity contribution >= 4 is 17.5 Å². The number of likely N-dealkylation sites (tertiary alicyclic amines) is 1. The monoisotopic (exact) mass is 365 g/mol. The highest BCUT2D eigenvalue weighted by Gasteiger charge is 2.40. The maximum Gasteiger partial charge on any atom is 0.260 e. The second-order valence-electron chi connectivity index (χ2n) is 7.36. The van der Waals surface area contributed by atoms with Gasteiger partial charge in [0.1, 0.15) is 5.75 Å². The predicted molar refractivity (Wildman–Crippen MR) is 100 cm³/mol. The SMILES string of the molecule is CN1CCCN(C)C2(CCN(C(=O)COc3cccc(Cl)c3)CC2)C1. The van der Waals surface area contributed by atoms with Gasteiger partial charge in [-0.1, -0.05) is 17.7 Å². The van der Waals surface area contributed by atoms with Gasteiger partial charge in [-0.25, -0.2) is 0 Å². The van der Waals surface area contributed by atoms with Crippen molar-refractivity contribution in [1.82, 2.24) is 14.7 Å². The number of likely N-dealkylation sites (N-methyl/N-ethyl adjacent to an activating group) is 2. The van der Waals surface area contributed by atoms with Crippen molar-refractivity contribution in [3.8, 4) is 5.75 Å². The molecule has 138 valence electrons. The van der Waals surface area contributed by atoms with E-state index in [-0.39, 0.29) is 18.1 Å². The fraction of sp³-hybridized carbons (Fsp3) is 0.632. The number of rotatable bonds is 3. The van der Waals surface area contributed by atoms with Crippen LogP contribution in [-0.2, 0) is 4.79 Å². The second kappa shape index (κ2) is 7.94. The largest absolute Gasteiger partial charge is 0.484 e. The van der Waals surface area contributed by atoms with Crippen molar-refractivity contribution < 1.29 is 9.53 Å². The molecule has 25 heavy (non-hydrogen) atoms. The Morgan fingerprint density at radius 2 is 1.96 bits per heavy atom. The molecule has 0 aliphatic carbocycles. The van der Waals surface area contributed by atoms with Gasteiger partial charge in [0.15, 0.2) is 6.61 Å². The van der Waals surface area contributed by atoms with Crippen LogP contribution in [0.3, 0.4) is 0 Å².